The fourth-order valence-electron chi connectivity index (χ4n) is 2.83. The summed E-state index contributed by atoms with van der Waals surface area (Å²) >= 11 is 0. The smallest absolute Gasteiger partial charge is 0.220 e. The lowest BCUT2D eigenvalue weighted by Gasteiger charge is -2.19. The number of ether oxygens (including phenoxy) is 2. The van der Waals surface area contributed by atoms with Crippen LogP contribution in [0.4, 0.5) is 0 Å². The van der Waals surface area contributed by atoms with Crippen molar-refractivity contribution in [2.24, 2.45) is 5.92 Å². The Labute approximate surface area is 139 Å². The molecule has 2 rings (SSSR count). The molecule has 1 aromatic carbocycles. The Bertz CT molecular complexity index is 527. The SMILES string of the molecule is COc1ccc(C(CC(=O)NCCN(C)C)C2CC2)cc1OC. The second-order valence-electron chi connectivity index (χ2n) is 6.42. The maximum absolute atomic E-state index is 12.2. The highest BCUT2D eigenvalue weighted by atomic mass is 16.5. The van der Waals surface area contributed by atoms with Crippen molar-refractivity contribution < 1.29 is 14.3 Å². The molecule has 0 saturated heterocycles. The average molecular weight is 320 g/mol. The lowest BCUT2D eigenvalue weighted by atomic mass is 9.90. The number of carbonyl (C=O) groups excluding carboxylic acids is 1. The molecule has 0 heterocycles. The first-order chi connectivity index (χ1) is 11.0. The molecule has 5 nitrogen and oxygen atoms in total. The number of likely N-dealkylation sites (N-methyl/N-ethyl adjacent to an activating group) is 1. The van der Waals surface area contributed by atoms with Gasteiger partial charge in [-0.25, -0.2) is 0 Å². The molecule has 1 aliphatic carbocycles. The van der Waals surface area contributed by atoms with Crippen molar-refractivity contribution in [3.63, 3.8) is 0 Å². The minimum Gasteiger partial charge on any atom is -0.493 e. The molecule has 128 valence electrons. The number of carbonyl (C=O) groups is 1. The lowest BCUT2D eigenvalue weighted by Crippen LogP contribution is -2.32. The maximum atomic E-state index is 12.2. The lowest BCUT2D eigenvalue weighted by molar-refractivity contribution is -0.121. The fraction of sp³-hybridized carbons (Fsp3) is 0.611. The van der Waals surface area contributed by atoms with Gasteiger partial charge in [-0.05, 0) is 56.5 Å². The predicted molar refractivity (Wildman–Crippen MR) is 91.2 cm³/mol. The molecular formula is C18H28N2O3. The van der Waals surface area contributed by atoms with Crippen molar-refractivity contribution in [2.75, 3.05) is 41.4 Å². The van der Waals surface area contributed by atoms with Gasteiger partial charge in [0.05, 0.1) is 14.2 Å². The molecule has 1 amide bonds. The molecule has 1 aliphatic rings. The van der Waals surface area contributed by atoms with E-state index in [0.717, 1.165) is 23.6 Å². The molecule has 5 heteroatoms. The number of amides is 1. The van der Waals surface area contributed by atoms with Gasteiger partial charge in [0.2, 0.25) is 5.91 Å². The molecule has 1 unspecified atom stereocenters. The third-order valence-electron chi connectivity index (χ3n) is 4.31. The van der Waals surface area contributed by atoms with Gasteiger partial charge in [-0.3, -0.25) is 4.79 Å². The summed E-state index contributed by atoms with van der Waals surface area (Å²) in [7, 11) is 7.28. The standard InChI is InChI=1S/C18H28N2O3/c1-20(2)10-9-19-18(21)12-15(13-5-6-13)14-7-8-16(22-3)17(11-14)23-4/h7-8,11,13,15H,5-6,9-10,12H2,1-4H3,(H,19,21). The monoisotopic (exact) mass is 320 g/mol. The molecule has 1 atom stereocenters. The second-order valence-corrected chi connectivity index (χ2v) is 6.42. The van der Waals surface area contributed by atoms with E-state index < -0.39 is 0 Å². The summed E-state index contributed by atoms with van der Waals surface area (Å²) in [4.78, 5) is 14.3. The fourth-order valence-corrected chi connectivity index (χ4v) is 2.83. The first-order valence-electron chi connectivity index (χ1n) is 8.18. The maximum Gasteiger partial charge on any atom is 0.220 e. The van der Waals surface area contributed by atoms with Crippen LogP contribution in [0.5, 0.6) is 11.5 Å². The van der Waals surface area contributed by atoms with Gasteiger partial charge < -0.3 is 19.7 Å². The van der Waals surface area contributed by atoms with Gasteiger partial charge >= 0.3 is 0 Å². The van der Waals surface area contributed by atoms with Gasteiger partial charge in [-0.2, -0.15) is 0 Å². The van der Waals surface area contributed by atoms with Crippen LogP contribution < -0.4 is 14.8 Å². The van der Waals surface area contributed by atoms with Gasteiger partial charge in [0.15, 0.2) is 11.5 Å². The summed E-state index contributed by atoms with van der Waals surface area (Å²) in [5, 5.41) is 3.01. The summed E-state index contributed by atoms with van der Waals surface area (Å²) in [5.74, 6) is 2.44. The van der Waals surface area contributed by atoms with Crippen LogP contribution in [0.1, 0.15) is 30.7 Å². The van der Waals surface area contributed by atoms with E-state index in [4.69, 9.17) is 9.47 Å². The molecule has 1 saturated carbocycles. The van der Waals surface area contributed by atoms with Crippen LogP contribution >= 0.6 is 0 Å². The molecule has 1 N–H and O–H groups in total. The summed E-state index contributed by atoms with van der Waals surface area (Å²) in [6.45, 7) is 1.55. The summed E-state index contributed by atoms with van der Waals surface area (Å²) < 4.78 is 10.7. The van der Waals surface area contributed by atoms with Crippen LogP contribution in [0.3, 0.4) is 0 Å². The summed E-state index contributed by atoms with van der Waals surface area (Å²) in [5.41, 5.74) is 1.16. The van der Waals surface area contributed by atoms with E-state index in [1.54, 1.807) is 14.2 Å². The highest BCUT2D eigenvalue weighted by molar-refractivity contribution is 5.77. The molecule has 0 aromatic heterocycles. The van der Waals surface area contributed by atoms with Crippen LogP contribution in [-0.4, -0.2) is 52.2 Å². The highest BCUT2D eigenvalue weighted by Crippen LogP contribution is 2.46. The van der Waals surface area contributed by atoms with Crippen molar-refractivity contribution in [1.82, 2.24) is 10.2 Å². The van der Waals surface area contributed by atoms with Crippen molar-refractivity contribution in [3.8, 4) is 11.5 Å². The van der Waals surface area contributed by atoms with Crippen molar-refractivity contribution in [2.45, 2.75) is 25.2 Å². The first kappa shape index (κ1) is 17.6. The second kappa shape index (κ2) is 8.20. The Hall–Kier alpha value is -1.75. The molecule has 0 bridgehead atoms. The van der Waals surface area contributed by atoms with Gasteiger partial charge in [0.1, 0.15) is 0 Å². The summed E-state index contributed by atoms with van der Waals surface area (Å²) in [6.07, 6.45) is 2.93. The third kappa shape index (κ3) is 5.13. The van der Waals surface area contributed by atoms with Gasteiger partial charge in [-0.15, -0.1) is 0 Å². The number of nitrogens with zero attached hydrogens (tertiary/aromatic N) is 1. The van der Waals surface area contributed by atoms with Crippen LogP contribution in [0.25, 0.3) is 0 Å². The highest BCUT2D eigenvalue weighted by Gasteiger charge is 2.34. The third-order valence-corrected chi connectivity index (χ3v) is 4.31. The number of benzene rings is 1. The zero-order valence-electron chi connectivity index (χ0n) is 14.6. The van der Waals surface area contributed by atoms with E-state index in [0.29, 0.717) is 18.9 Å². The zero-order chi connectivity index (χ0) is 16.8. The Kier molecular flexibility index (Phi) is 6.28. The molecule has 0 radical (unpaired) electrons. The van der Waals surface area contributed by atoms with Crippen LogP contribution in [0.15, 0.2) is 18.2 Å². The predicted octanol–water partition coefficient (Wildman–Crippen LogP) is 2.27. The first-order valence-corrected chi connectivity index (χ1v) is 8.18. The molecule has 1 aromatic rings. The molecule has 1 fully saturated rings. The largest absolute Gasteiger partial charge is 0.493 e. The van der Waals surface area contributed by atoms with Crippen molar-refractivity contribution in [1.29, 1.82) is 0 Å². The van der Waals surface area contributed by atoms with Gasteiger partial charge in [-0.1, -0.05) is 6.07 Å². The van der Waals surface area contributed by atoms with Crippen molar-refractivity contribution >= 4 is 5.91 Å². The van der Waals surface area contributed by atoms with Gasteiger partial charge in [0, 0.05) is 19.5 Å². The number of methoxy groups -OCH3 is 2. The Balaban J connectivity index is 2.02. The Morgan fingerprint density at radius 2 is 1.96 bits per heavy atom. The number of rotatable bonds is 9. The number of hydrogen-bond donors (Lipinski definition) is 1. The molecule has 0 spiro atoms. The number of hydrogen-bond acceptors (Lipinski definition) is 4. The Morgan fingerprint density at radius 1 is 1.26 bits per heavy atom. The van der Waals surface area contributed by atoms with E-state index in [-0.39, 0.29) is 11.8 Å². The minimum absolute atomic E-state index is 0.124. The summed E-state index contributed by atoms with van der Waals surface area (Å²) in [6, 6.07) is 5.99. The van der Waals surface area contributed by atoms with Crippen molar-refractivity contribution in [3.05, 3.63) is 23.8 Å². The van der Waals surface area contributed by atoms with Gasteiger partial charge in [0.25, 0.3) is 0 Å². The van der Waals surface area contributed by atoms with Crippen LogP contribution in [0.2, 0.25) is 0 Å². The topological polar surface area (TPSA) is 50.8 Å². The zero-order valence-corrected chi connectivity index (χ0v) is 14.6. The van der Waals surface area contributed by atoms with E-state index in [1.807, 2.05) is 26.2 Å². The molecular weight excluding hydrogens is 292 g/mol. The molecule has 0 aliphatic heterocycles. The number of nitrogens with one attached hydrogen (secondary N) is 1. The van der Waals surface area contributed by atoms with Crippen LogP contribution in [-0.2, 0) is 4.79 Å². The van der Waals surface area contributed by atoms with E-state index in [9.17, 15) is 4.79 Å². The van der Waals surface area contributed by atoms with E-state index in [1.165, 1.54) is 12.8 Å². The molecule has 23 heavy (non-hydrogen) atoms. The Morgan fingerprint density at radius 3 is 2.52 bits per heavy atom. The minimum atomic E-state index is 0.124. The normalized spacial score (nSPS) is 15.3. The van der Waals surface area contributed by atoms with E-state index >= 15 is 0 Å². The van der Waals surface area contributed by atoms with E-state index in [2.05, 4.69) is 16.3 Å². The quantitative estimate of drug-likeness (QED) is 0.758. The average Bonchev–Trinajstić information content (AvgIpc) is 3.36. The van der Waals surface area contributed by atoms with Crippen LogP contribution in [0, 0.1) is 5.92 Å².